The summed E-state index contributed by atoms with van der Waals surface area (Å²) in [4.78, 5) is 37.1. The third kappa shape index (κ3) is 3.13. The van der Waals surface area contributed by atoms with Crippen LogP contribution in [0.15, 0.2) is 52.5 Å². The van der Waals surface area contributed by atoms with Gasteiger partial charge in [0, 0.05) is 16.3 Å². The van der Waals surface area contributed by atoms with Crippen LogP contribution in [-0.4, -0.2) is 31.8 Å². The molecule has 3 aliphatic rings. The number of halogens is 7. The number of imide groups is 1. The molecule has 0 unspecified atom stereocenters. The standard InChI is InChI=1S/C23H13Cl7N2O3/c1-9-5-6-11(24)8-13(9)31-18(33)10-3-2-4-12(7-10)32-19(34)14-15(20(32)35)22(28)17(26)16(25)21(14,27)23(22,29)30/h2-8,14-15H,1H3,(H,31,33)/t14-,15+,21-,22-/m1/s1. The third-order valence-electron chi connectivity index (χ3n) is 6.72. The molecule has 3 amide bonds. The number of rotatable bonds is 3. The molecule has 0 radical (unpaired) electrons. The number of carbonyl (C=O) groups excluding carboxylic acids is 3. The fourth-order valence-corrected chi connectivity index (χ4v) is 8.06. The molecule has 1 N–H and O–H groups in total. The quantitative estimate of drug-likeness (QED) is 0.304. The summed E-state index contributed by atoms with van der Waals surface area (Å²) in [5, 5.41) is 2.89. The van der Waals surface area contributed by atoms with Crippen LogP contribution in [0.4, 0.5) is 11.4 Å². The average Bonchev–Trinajstić information content (AvgIpc) is 3.20. The van der Waals surface area contributed by atoms with Crippen molar-refractivity contribution in [3.8, 4) is 0 Å². The van der Waals surface area contributed by atoms with Crippen LogP contribution in [0.2, 0.25) is 5.02 Å². The van der Waals surface area contributed by atoms with E-state index in [9.17, 15) is 14.4 Å². The molecule has 2 bridgehead atoms. The number of nitrogens with one attached hydrogen (secondary N) is 1. The van der Waals surface area contributed by atoms with Gasteiger partial charge in [0.2, 0.25) is 11.8 Å². The van der Waals surface area contributed by atoms with Crippen molar-refractivity contribution in [2.24, 2.45) is 11.8 Å². The second-order valence-electron chi connectivity index (χ2n) is 8.56. The van der Waals surface area contributed by atoms with E-state index in [0.29, 0.717) is 10.7 Å². The van der Waals surface area contributed by atoms with Gasteiger partial charge in [0.05, 0.1) is 27.6 Å². The zero-order chi connectivity index (χ0) is 25.7. The van der Waals surface area contributed by atoms with Crippen LogP contribution in [0.1, 0.15) is 15.9 Å². The van der Waals surface area contributed by atoms with Gasteiger partial charge in [-0.2, -0.15) is 0 Å². The Morgan fingerprint density at radius 2 is 1.46 bits per heavy atom. The number of hydrogen-bond donors (Lipinski definition) is 1. The van der Waals surface area contributed by atoms with Crippen LogP contribution in [0.3, 0.4) is 0 Å². The van der Waals surface area contributed by atoms with Crippen LogP contribution >= 0.6 is 81.2 Å². The molecule has 0 spiro atoms. The van der Waals surface area contributed by atoms with E-state index in [4.69, 9.17) is 81.2 Å². The third-order valence-corrected chi connectivity index (χ3v) is 11.2. The average molecular weight is 614 g/mol. The number of allylic oxidation sites excluding steroid dienone is 2. The summed E-state index contributed by atoms with van der Waals surface area (Å²) >= 11 is 45.2. The molecular formula is C23H13Cl7N2O3. The summed E-state index contributed by atoms with van der Waals surface area (Å²) in [6, 6.07) is 11.1. The Labute approximate surface area is 235 Å². The molecule has 1 saturated carbocycles. The van der Waals surface area contributed by atoms with Crippen molar-refractivity contribution in [2.45, 2.75) is 21.0 Å². The van der Waals surface area contributed by atoms with Gasteiger partial charge >= 0.3 is 0 Å². The highest BCUT2D eigenvalue weighted by Crippen LogP contribution is 2.77. The Kier molecular flexibility index (Phi) is 5.94. The molecule has 4 atom stereocenters. The first-order valence-corrected chi connectivity index (χ1v) is 12.8. The molecular weight excluding hydrogens is 600 g/mol. The highest BCUT2D eigenvalue weighted by Gasteiger charge is 2.87. The molecule has 182 valence electrons. The Hall–Kier alpha value is -1.18. The van der Waals surface area contributed by atoms with Crippen molar-refractivity contribution in [3.05, 3.63) is 68.7 Å². The molecule has 5 rings (SSSR count). The van der Waals surface area contributed by atoms with E-state index in [-0.39, 0.29) is 21.3 Å². The summed E-state index contributed by atoms with van der Waals surface area (Å²) in [5.41, 5.74) is 1.67. The summed E-state index contributed by atoms with van der Waals surface area (Å²) in [5.74, 6) is -4.38. The van der Waals surface area contributed by atoms with Gasteiger partial charge in [-0.05, 0) is 42.8 Å². The summed E-state index contributed by atoms with van der Waals surface area (Å²) in [6.07, 6.45) is 0. The normalized spacial score (nSPS) is 30.8. The first-order valence-electron chi connectivity index (χ1n) is 10.2. The first-order chi connectivity index (χ1) is 16.3. The van der Waals surface area contributed by atoms with Crippen molar-refractivity contribution < 1.29 is 14.4 Å². The van der Waals surface area contributed by atoms with Gasteiger partial charge in [-0.15, -0.1) is 23.2 Å². The molecule has 2 fully saturated rings. The number of aryl methyl sites for hydroxylation is 1. The zero-order valence-electron chi connectivity index (χ0n) is 17.5. The second kappa shape index (κ2) is 8.16. The minimum absolute atomic E-state index is 0.145. The molecule has 2 aliphatic carbocycles. The highest BCUT2D eigenvalue weighted by molar-refractivity contribution is 6.67. The van der Waals surface area contributed by atoms with E-state index in [1.165, 1.54) is 24.3 Å². The number of carbonyl (C=O) groups is 3. The predicted molar refractivity (Wildman–Crippen MR) is 140 cm³/mol. The molecule has 1 saturated heterocycles. The molecule has 1 heterocycles. The topological polar surface area (TPSA) is 66.5 Å². The Morgan fingerprint density at radius 1 is 0.886 bits per heavy atom. The van der Waals surface area contributed by atoms with Crippen molar-refractivity contribution >= 4 is 110 Å². The van der Waals surface area contributed by atoms with E-state index < -0.39 is 43.6 Å². The smallest absolute Gasteiger partial charge is 0.255 e. The molecule has 1 aliphatic heterocycles. The minimum atomic E-state index is -2.01. The molecule has 2 aromatic carbocycles. The van der Waals surface area contributed by atoms with E-state index in [1.807, 2.05) is 6.92 Å². The lowest BCUT2D eigenvalue weighted by atomic mass is 9.84. The van der Waals surface area contributed by atoms with Crippen molar-refractivity contribution in [1.29, 1.82) is 0 Å². The minimum Gasteiger partial charge on any atom is -0.322 e. The maximum atomic E-state index is 13.5. The zero-order valence-corrected chi connectivity index (χ0v) is 22.8. The lowest BCUT2D eigenvalue weighted by Gasteiger charge is -2.34. The number of amides is 3. The number of anilines is 2. The van der Waals surface area contributed by atoms with Crippen LogP contribution in [0.25, 0.3) is 0 Å². The van der Waals surface area contributed by atoms with Crippen molar-refractivity contribution in [2.75, 3.05) is 10.2 Å². The van der Waals surface area contributed by atoms with Gasteiger partial charge < -0.3 is 5.32 Å². The van der Waals surface area contributed by atoms with Crippen molar-refractivity contribution in [1.82, 2.24) is 0 Å². The summed E-state index contributed by atoms with van der Waals surface area (Å²) in [7, 11) is 0. The monoisotopic (exact) mass is 610 g/mol. The molecule has 2 aromatic rings. The van der Waals surface area contributed by atoms with E-state index in [0.717, 1.165) is 10.5 Å². The molecule has 35 heavy (non-hydrogen) atoms. The summed E-state index contributed by atoms with van der Waals surface area (Å²) in [6.45, 7) is 1.82. The van der Waals surface area contributed by atoms with Crippen LogP contribution < -0.4 is 10.2 Å². The lowest BCUT2D eigenvalue weighted by molar-refractivity contribution is -0.123. The summed E-state index contributed by atoms with van der Waals surface area (Å²) < 4.78 is -2.01. The number of nitrogens with zero attached hydrogens (tertiary/aromatic N) is 1. The van der Waals surface area contributed by atoms with E-state index >= 15 is 0 Å². The van der Waals surface area contributed by atoms with Gasteiger partial charge in [0.1, 0.15) is 9.75 Å². The second-order valence-corrected chi connectivity index (χ2v) is 12.3. The van der Waals surface area contributed by atoms with Gasteiger partial charge in [0.15, 0.2) is 4.33 Å². The van der Waals surface area contributed by atoms with Crippen molar-refractivity contribution in [3.63, 3.8) is 0 Å². The number of alkyl halides is 4. The predicted octanol–water partition coefficient (Wildman–Crippen LogP) is 6.85. The largest absolute Gasteiger partial charge is 0.322 e. The van der Waals surface area contributed by atoms with Gasteiger partial charge in [-0.25, -0.2) is 4.90 Å². The molecule has 0 aromatic heterocycles. The van der Waals surface area contributed by atoms with E-state index in [2.05, 4.69) is 5.32 Å². The fourth-order valence-electron chi connectivity index (χ4n) is 4.96. The maximum absolute atomic E-state index is 13.5. The maximum Gasteiger partial charge on any atom is 0.255 e. The fraction of sp³-hybridized carbons (Fsp3) is 0.261. The molecule has 5 nitrogen and oxygen atoms in total. The van der Waals surface area contributed by atoms with E-state index in [1.54, 1.807) is 18.2 Å². The van der Waals surface area contributed by atoms with Gasteiger partial charge in [0.25, 0.3) is 5.91 Å². The number of fused-ring (bicyclic) bond motifs is 5. The van der Waals surface area contributed by atoms with Crippen LogP contribution in [-0.2, 0) is 9.59 Å². The van der Waals surface area contributed by atoms with Gasteiger partial charge in [-0.3, -0.25) is 14.4 Å². The Bertz CT molecular complexity index is 1330. The van der Waals surface area contributed by atoms with Crippen LogP contribution in [0.5, 0.6) is 0 Å². The van der Waals surface area contributed by atoms with Gasteiger partial charge in [-0.1, -0.05) is 70.1 Å². The Morgan fingerprint density at radius 3 is 2.03 bits per heavy atom. The highest BCUT2D eigenvalue weighted by atomic mass is 35.5. The van der Waals surface area contributed by atoms with Crippen LogP contribution in [0, 0.1) is 18.8 Å². The number of hydrogen-bond acceptors (Lipinski definition) is 3. The first kappa shape index (κ1) is 25.5. The Balaban J connectivity index is 1.50. The lowest BCUT2D eigenvalue weighted by Crippen LogP contribution is -2.50. The molecule has 12 heteroatoms. The number of benzene rings is 2. The SMILES string of the molecule is Cc1ccc(Cl)cc1NC(=O)c1cccc(N2C(=O)[C@@H]3[C@H](C2=O)[C@@]2(Cl)C(Cl)=C(Cl)[C@@]3(Cl)C2(Cl)Cl)c1.